The van der Waals surface area contributed by atoms with Gasteiger partial charge in [0.1, 0.15) is 0 Å². The van der Waals surface area contributed by atoms with Gasteiger partial charge in [0.2, 0.25) is 15.9 Å². The fraction of sp³-hybridized carbons (Fsp3) is 0.409. The summed E-state index contributed by atoms with van der Waals surface area (Å²) in [5.74, 6) is -0.739. The number of benzene rings is 2. The Morgan fingerprint density at radius 3 is 2.67 bits per heavy atom. The lowest BCUT2D eigenvalue weighted by atomic mass is 9.98. The van der Waals surface area contributed by atoms with Gasteiger partial charge in [-0.05, 0) is 55.0 Å². The summed E-state index contributed by atoms with van der Waals surface area (Å²) in [6.07, 6.45) is 2.11. The number of rotatable bonds is 6. The zero-order chi connectivity index (χ0) is 21.9. The summed E-state index contributed by atoms with van der Waals surface area (Å²) in [5, 5.41) is 3.82. The molecule has 30 heavy (non-hydrogen) atoms. The molecule has 1 aliphatic heterocycles. The summed E-state index contributed by atoms with van der Waals surface area (Å²) in [6, 6.07) is 10.7. The number of para-hydroxylation sites is 1. The van der Waals surface area contributed by atoms with E-state index in [0.29, 0.717) is 35.0 Å². The molecule has 1 saturated heterocycles. The van der Waals surface area contributed by atoms with E-state index in [0.717, 1.165) is 23.2 Å². The van der Waals surface area contributed by atoms with Crippen molar-refractivity contribution in [1.29, 1.82) is 0 Å². The Morgan fingerprint density at radius 1 is 1.20 bits per heavy atom. The summed E-state index contributed by atoms with van der Waals surface area (Å²) >= 11 is 12.1. The Labute approximate surface area is 188 Å². The standard InChI is InChI=1S/C22H26Cl2N2O3S/c1-3-16-7-4-6-15(2)21(16)25-22(27)17-8-5-11-26(13-17)30(28,29)14-18-9-10-19(23)12-20(18)24/h4,6-7,9-10,12,17H,3,5,8,11,13-14H2,1-2H3,(H,25,27)/t17-/m1/s1. The SMILES string of the molecule is CCc1cccc(C)c1NC(=O)[C@@H]1CCCN(S(=O)(=O)Cc2ccc(Cl)cc2Cl)C1. The van der Waals surface area contributed by atoms with E-state index in [1.54, 1.807) is 12.1 Å². The summed E-state index contributed by atoms with van der Waals surface area (Å²) in [5.41, 5.74) is 3.40. The Hall–Kier alpha value is -1.60. The second kappa shape index (κ2) is 9.69. The lowest BCUT2D eigenvalue weighted by molar-refractivity contribution is -0.120. The van der Waals surface area contributed by atoms with Crippen LogP contribution in [0.5, 0.6) is 0 Å². The minimum atomic E-state index is -3.61. The van der Waals surface area contributed by atoms with E-state index >= 15 is 0 Å². The molecule has 1 fully saturated rings. The Morgan fingerprint density at radius 2 is 1.97 bits per heavy atom. The average Bonchev–Trinajstić information content (AvgIpc) is 2.71. The highest BCUT2D eigenvalue weighted by molar-refractivity contribution is 7.88. The molecule has 1 aliphatic rings. The highest BCUT2D eigenvalue weighted by Gasteiger charge is 2.33. The van der Waals surface area contributed by atoms with Gasteiger partial charge in [-0.1, -0.05) is 54.4 Å². The number of halogens is 2. The van der Waals surface area contributed by atoms with Crippen molar-refractivity contribution in [2.45, 2.75) is 38.9 Å². The lowest BCUT2D eigenvalue weighted by Crippen LogP contribution is -2.44. The first-order valence-corrected chi connectivity index (χ1v) is 12.4. The number of carbonyl (C=O) groups is 1. The first-order chi connectivity index (χ1) is 14.2. The second-order valence-electron chi connectivity index (χ2n) is 7.64. The van der Waals surface area contributed by atoms with Crippen LogP contribution in [0.25, 0.3) is 0 Å². The second-order valence-corrected chi connectivity index (χ2v) is 10.5. The molecule has 1 atom stereocenters. The Kier molecular flexibility index (Phi) is 7.45. The van der Waals surface area contributed by atoms with Crippen LogP contribution in [0.1, 0.15) is 36.5 Å². The quantitative estimate of drug-likeness (QED) is 0.644. The van der Waals surface area contributed by atoms with Gasteiger partial charge >= 0.3 is 0 Å². The molecule has 1 heterocycles. The number of piperidine rings is 1. The molecule has 3 rings (SSSR count). The molecule has 1 amide bonds. The molecule has 0 aromatic heterocycles. The van der Waals surface area contributed by atoms with Crippen LogP contribution >= 0.6 is 23.2 Å². The van der Waals surface area contributed by atoms with Crippen molar-refractivity contribution in [3.63, 3.8) is 0 Å². The van der Waals surface area contributed by atoms with Gasteiger partial charge in [0.25, 0.3) is 0 Å². The topological polar surface area (TPSA) is 66.5 Å². The van der Waals surface area contributed by atoms with E-state index in [-0.39, 0.29) is 18.2 Å². The maximum absolute atomic E-state index is 13.0. The smallest absolute Gasteiger partial charge is 0.228 e. The number of nitrogens with zero attached hydrogens (tertiary/aromatic N) is 1. The van der Waals surface area contributed by atoms with Gasteiger partial charge in [-0.3, -0.25) is 4.79 Å². The molecule has 162 valence electrons. The fourth-order valence-electron chi connectivity index (χ4n) is 3.76. The van der Waals surface area contributed by atoms with Crippen LogP contribution < -0.4 is 5.32 Å². The monoisotopic (exact) mass is 468 g/mol. The van der Waals surface area contributed by atoms with Crippen LogP contribution in [-0.4, -0.2) is 31.7 Å². The predicted octanol–water partition coefficient (Wildman–Crippen LogP) is 5.04. The maximum atomic E-state index is 13.0. The van der Waals surface area contributed by atoms with Gasteiger partial charge in [0.15, 0.2) is 0 Å². The fourth-order valence-corrected chi connectivity index (χ4v) is 5.96. The van der Waals surface area contributed by atoms with Crippen molar-refractivity contribution < 1.29 is 13.2 Å². The van der Waals surface area contributed by atoms with Crippen LogP contribution in [-0.2, 0) is 27.0 Å². The minimum absolute atomic E-state index is 0.136. The van der Waals surface area contributed by atoms with Crippen molar-refractivity contribution >= 4 is 44.8 Å². The van der Waals surface area contributed by atoms with Gasteiger partial charge in [0, 0.05) is 28.8 Å². The third-order valence-electron chi connectivity index (χ3n) is 5.49. The molecule has 0 aliphatic carbocycles. The number of anilines is 1. The molecule has 2 aromatic rings. The molecule has 1 N–H and O–H groups in total. The molecule has 0 bridgehead atoms. The molecular formula is C22H26Cl2N2O3S. The van der Waals surface area contributed by atoms with Gasteiger partial charge in [-0.2, -0.15) is 0 Å². The van der Waals surface area contributed by atoms with E-state index in [4.69, 9.17) is 23.2 Å². The highest BCUT2D eigenvalue weighted by Crippen LogP contribution is 2.28. The van der Waals surface area contributed by atoms with Crippen molar-refractivity contribution in [3.05, 3.63) is 63.1 Å². The first kappa shape index (κ1) is 23.1. The van der Waals surface area contributed by atoms with Gasteiger partial charge in [-0.25, -0.2) is 12.7 Å². The largest absolute Gasteiger partial charge is 0.325 e. The van der Waals surface area contributed by atoms with Gasteiger partial charge < -0.3 is 5.32 Å². The lowest BCUT2D eigenvalue weighted by Gasteiger charge is -2.31. The predicted molar refractivity (Wildman–Crippen MR) is 123 cm³/mol. The summed E-state index contributed by atoms with van der Waals surface area (Å²) in [7, 11) is -3.61. The van der Waals surface area contributed by atoms with E-state index in [2.05, 4.69) is 5.32 Å². The third-order valence-corrected chi connectivity index (χ3v) is 7.87. The molecule has 0 unspecified atom stereocenters. The van der Waals surface area contributed by atoms with Crippen molar-refractivity contribution in [1.82, 2.24) is 4.31 Å². The number of carbonyl (C=O) groups excluding carboxylic acids is 1. The van der Waals surface area contributed by atoms with Crippen molar-refractivity contribution in [2.75, 3.05) is 18.4 Å². The zero-order valence-electron chi connectivity index (χ0n) is 17.1. The van der Waals surface area contributed by atoms with Crippen LogP contribution in [0.2, 0.25) is 10.0 Å². The first-order valence-electron chi connectivity index (χ1n) is 10.0. The summed E-state index contributed by atoms with van der Waals surface area (Å²) in [6.45, 7) is 4.58. The third kappa shape index (κ3) is 5.35. The normalized spacial score (nSPS) is 17.7. The number of hydrogen-bond donors (Lipinski definition) is 1. The Balaban J connectivity index is 1.72. The van der Waals surface area contributed by atoms with E-state index in [9.17, 15) is 13.2 Å². The van der Waals surface area contributed by atoms with E-state index in [1.807, 2.05) is 32.0 Å². The summed E-state index contributed by atoms with van der Waals surface area (Å²) in [4.78, 5) is 12.9. The summed E-state index contributed by atoms with van der Waals surface area (Å²) < 4.78 is 27.4. The van der Waals surface area contributed by atoms with Gasteiger partial charge in [0.05, 0.1) is 11.7 Å². The number of hydrogen-bond acceptors (Lipinski definition) is 3. The zero-order valence-corrected chi connectivity index (χ0v) is 19.4. The molecule has 2 aromatic carbocycles. The molecule has 8 heteroatoms. The molecule has 5 nitrogen and oxygen atoms in total. The average molecular weight is 469 g/mol. The Bertz CT molecular complexity index is 1040. The van der Waals surface area contributed by atoms with Crippen LogP contribution in [0.4, 0.5) is 5.69 Å². The number of sulfonamides is 1. The van der Waals surface area contributed by atoms with Gasteiger partial charge in [-0.15, -0.1) is 0 Å². The molecular weight excluding hydrogens is 443 g/mol. The minimum Gasteiger partial charge on any atom is -0.325 e. The van der Waals surface area contributed by atoms with E-state index < -0.39 is 15.9 Å². The molecule has 0 spiro atoms. The van der Waals surface area contributed by atoms with Crippen molar-refractivity contribution in [2.24, 2.45) is 5.92 Å². The molecule has 0 saturated carbocycles. The number of nitrogens with one attached hydrogen (secondary N) is 1. The number of aryl methyl sites for hydroxylation is 2. The van der Waals surface area contributed by atoms with Crippen molar-refractivity contribution in [3.8, 4) is 0 Å². The van der Waals surface area contributed by atoms with Crippen LogP contribution in [0.15, 0.2) is 36.4 Å². The highest BCUT2D eigenvalue weighted by atomic mass is 35.5. The maximum Gasteiger partial charge on any atom is 0.228 e. The van der Waals surface area contributed by atoms with Crippen LogP contribution in [0, 0.1) is 12.8 Å². The van der Waals surface area contributed by atoms with Crippen LogP contribution in [0.3, 0.4) is 0 Å². The molecule has 0 radical (unpaired) electrons. The van der Waals surface area contributed by atoms with E-state index in [1.165, 1.54) is 10.4 Å². The number of amides is 1.